The van der Waals surface area contributed by atoms with Gasteiger partial charge in [-0.25, -0.2) is 0 Å². The lowest BCUT2D eigenvalue weighted by molar-refractivity contribution is 0.174. The summed E-state index contributed by atoms with van der Waals surface area (Å²) in [4.78, 5) is 0. The Balaban J connectivity index is 1.89. The van der Waals surface area contributed by atoms with E-state index in [4.69, 9.17) is 4.74 Å². The Bertz CT molecular complexity index is 585. The van der Waals surface area contributed by atoms with Gasteiger partial charge in [0.05, 0.1) is 19.4 Å². The number of aliphatic hydroxyl groups is 1. The molecule has 5 heteroatoms. The molecule has 0 aliphatic carbocycles. The zero-order chi connectivity index (χ0) is 16.2. The van der Waals surface area contributed by atoms with Crippen molar-refractivity contribution in [2.24, 2.45) is 0 Å². The summed E-state index contributed by atoms with van der Waals surface area (Å²) < 4.78 is 5.12. The maximum absolute atomic E-state index is 10.2. The van der Waals surface area contributed by atoms with Gasteiger partial charge in [-0.3, -0.25) is 5.10 Å². The average molecular weight is 303 g/mol. The third-order valence-corrected chi connectivity index (χ3v) is 3.62. The van der Waals surface area contributed by atoms with E-state index in [9.17, 15) is 5.11 Å². The summed E-state index contributed by atoms with van der Waals surface area (Å²) in [5.74, 6) is 0.789. The normalized spacial score (nSPS) is 13.1. The van der Waals surface area contributed by atoms with Gasteiger partial charge >= 0.3 is 0 Å². The SMILES string of the molecule is COc1ccc([C@@H](O)CNCc2cn[nH]c2C(C)(C)C)cc1. The van der Waals surface area contributed by atoms with E-state index in [0.29, 0.717) is 13.1 Å². The summed E-state index contributed by atoms with van der Waals surface area (Å²) in [7, 11) is 1.63. The molecule has 1 aromatic carbocycles. The fourth-order valence-corrected chi connectivity index (χ4v) is 2.38. The number of aromatic nitrogens is 2. The van der Waals surface area contributed by atoms with Gasteiger partial charge in [0.15, 0.2) is 0 Å². The average Bonchev–Trinajstić information content (AvgIpc) is 2.96. The third kappa shape index (κ3) is 4.08. The van der Waals surface area contributed by atoms with Gasteiger partial charge in [0.25, 0.3) is 0 Å². The molecule has 2 rings (SSSR count). The van der Waals surface area contributed by atoms with Gasteiger partial charge in [0.1, 0.15) is 5.75 Å². The second-order valence-electron chi connectivity index (χ2n) is 6.44. The molecule has 1 aromatic heterocycles. The molecule has 0 spiro atoms. The zero-order valence-electron chi connectivity index (χ0n) is 13.7. The molecule has 2 aromatic rings. The summed E-state index contributed by atoms with van der Waals surface area (Å²) in [5.41, 5.74) is 3.16. The van der Waals surface area contributed by atoms with Crippen LogP contribution in [0.5, 0.6) is 5.75 Å². The maximum atomic E-state index is 10.2. The van der Waals surface area contributed by atoms with Crippen molar-refractivity contribution in [2.45, 2.75) is 38.8 Å². The van der Waals surface area contributed by atoms with Crippen LogP contribution in [0.4, 0.5) is 0 Å². The molecular formula is C17H25N3O2. The molecule has 0 fully saturated rings. The third-order valence-electron chi connectivity index (χ3n) is 3.62. The van der Waals surface area contributed by atoms with Crippen LogP contribution in [0.25, 0.3) is 0 Å². The van der Waals surface area contributed by atoms with Crippen molar-refractivity contribution in [2.75, 3.05) is 13.7 Å². The zero-order valence-corrected chi connectivity index (χ0v) is 13.7. The van der Waals surface area contributed by atoms with E-state index in [1.54, 1.807) is 7.11 Å². The Kier molecular flexibility index (Phi) is 5.21. The number of rotatable bonds is 6. The summed E-state index contributed by atoms with van der Waals surface area (Å²) in [6.45, 7) is 7.61. The van der Waals surface area contributed by atoms with Crippen LogP contribution in [0, 0.1) is 0 Å². The van der Waals surface area contributed by atoms with E-state index >= 15 is 0 Å². The minimum Gasteiger partial charge on any atom is -0.497 e. The number of nitrogens with one attached hydrogen (secondary N) is 2. The van der Waals surface area contributed by atoms with E-state index in [2.05, 4.69) is 36.3 Å². The van der Waals surface area contributed by atoms with Crippen LogP contribution < -0.4 is 10.1 Å². The van der Waals surface area contributed by atoms with Gasteiger partial charge in [-0.15, -0.1) is 0 Å². The smallest absolute Gasteiger partial charge is 0.118 e. The van der Waals surface area contributed by atoms with Crippen molar-refractivity contribution in [3.63, 3.8) is 0 Å². The Morgan fingerprint density at radius 2 is 1.95 bits per heavy atom. The number of aromatic amines is 1. The lowest BCUT2D eigenvalue weighted by atomic mass is 9.89. The first kappa shape index (κ1) is 16.5. The Hall–Kier alpha value is -1.85. The molecule has 120 valence electrons. The lowest BCUT2D eigenvalue weighted by Crippen LogP contribution is -2.23. The molecule has 0 aliphatic heterocycles. The second kappa shape index (κ2) is 6.94. The highest BCUT2D eigenvalue weighted by molar-refractivity contribution is 5.28. The van der Waals surface area contributed by atoms with Gasteiger partial charge < -0.3 is 15.2 Å². The number of nitrogens with zero attached hydrogens (tertiary/aromatic N) is 1. The number of aliphatic hydroxyl groups excluding tert-OH is 1. The van der Waals surface area contributed by atoms with Crippen molar-refractivity contribution < 1.29 is 9.84 Å². The molecule has 1 atom stereocenters. The number of hydrogen-bond donors (Lipinski definition) is 3. The molecule has 5 nitrogen and oxygen atoms in total. The number of hydrogen-bond acceptors (Lipinski definition) is 4. The highest BCUT2D eigenvalue weighted by Gasteiger charge is 2.19. The van der Waals surface area contributed by atoms with Crippen molar-refractivity contribution in [3.8, 4) is 5.75 Å². The monoisotopic (exact) mass is 303 g/mol. The van der Waals surface area contributed by atoms with Crippen LogP contribution in [-0.2, 0) is 12.0 Å². The van der Waals surface area contributed by atoms with Gasteiger partial charge in [0, 0.05) is 29.8 Å². The quantitative estimate of drug-likeness (QED) is 0.767. The summed E-state index contributed by atoms with van der Waals surface area (Å²) in [6.07, 6.45) is 1.30. The Morgan fingerprint density at radius 3 is 2.55 bits per heavy atom. The summed E-state index contributed by atoms with van der Waals surface area (Å²) >= 11 is 0. The maximum Gasteiger partial charge on any atom is 0.118 e. The molecule has 0 radical (unpaired) electrons. The summed E-state index contributed by atoms with van der Waals surface area (Å²) in [5, 5.41) is 20.7. The molecule has 0 amide bonds. The van der Waals surface area contributed by atoms with E-state index in [1.807, 2.05) is 30.5 Å². The van der Waals surface area contributed by atoms with E-state index in [0.717, 1.165) is 22.6 Å². The first-order valence-corrected chi connectivity index (χ1v) is 7.47. The van der Waals surface area contributed by atoms with Gasteiger partial charge in [0.2, 0.25) is 0 Å². The molecule has 0 saturated heterocycles. The molecule has 1 heterocycles. The van der Waals surface area contributed by atoms with Crippen LogP contribution >= 0.6 is 0 Å². The minimum atomic E-state index is -0.545. The van der Waals surface area contributed by atoms with E-state index in [1.165, 1.54) is 0 Å². The van der Waals surface area contributed by atoms with Crippen molar-refractivity contribution in [3.05, 3.63) is 47.3 Å². The number of benzene rings is 1. The lowest BCUT2D eigenvalue weighted by Gasteiger charge is -2.19. The summed E-state index contributed by atoms with van der Waals surface area (Å²) in [6, 6.07) is 7.46. The van der Waals surface area contributed by atoms with Crippen molar-refractivity contribution >= 4 is 0 Å². The number of H-pyrrole nitrogens is 1. The highest BCUT2D eigenvalue weighted by atomic mass is 16.5. The highest BCUT2D eigenvalue weighted by Crippen LogP contribution is 2.23. The Labute approximate surface area is 131 Å². The predicted octanol–water partition coefficient (Wildman–Crippen LogP) is 2.54. The molecule has 0 bridgehead atoms. The topological polar surface area (TPSA) is 70.2 Å². The van der Waals surface area contributed by atoms with Crippen LogP contribution in [0.2, 0.25) is 0 Å². The van der Waals surface area contributed by atoms with Crippen LogP contribution in [-0.4, -0.2) is 29.0 Å². The molecule has 0 unspecified atom stereocenters. The van der Waals surface area contributed by atoms with Gasteiger partial charge in [-0.05, 0) is 17.7 Å². The van der Waals surface area contributed by atoms with Crippen LogP contribution in [0.15, 0.2) is 30.5 Å². The van der Waals surface area contributed by atoms with Crippen LogP contribution in [0.1, 0.15) is 43.7 Å². The molecule has 3 N–H and O–H groups in total. The largest absolute Gasteiger partial charge is 0.497 e. The molecule has 22 heavy (non-hydrogen) atoms. The van der Waals surface area contributed by atoms with E-state index < -0.39 is 6.10 Å². The fraction of sp³-hybridized carbons (Fsp3) is 0.471. The predicted molar refractivity (Wildman–Crippen MR) is 86.9 cm³/mol. The first-order valence-electron chi connectivity index (χ1n) is 7.47. The molecule has 0 aliphatic rings. The van der Waals surface area contributed by atoms with Crippen molar-refractivity contribution in [1.82, 2.24) is 15.5 Å². The fourth-order valence-electron chi connectivity index (χ4n) is 2.38. The minimum absolute atomic E-state index is 0.0299. The van der Waals surface area contributed by atoms with Crippen molar-refractivity contribution in [1.29, 1.82) is 0 Å². The standard InChI is InChI=1S/C17H25N3O2/c1-17(2,3)16-13(10-19-20-16)9-18-11-15(21)12-5-7-14(22-4)8-6-12/h5-8,10,15,18,21H,9,11H2,1-4H3,(H,19,20)/t15-/m0/s1. The molecule has 0 saturated carbocycles. The first-order chi connectivity index (χ1) is 10.4. The van der Waals surface area contributed by atoms with Crippen LogP contribution in [0.3, 0.4) is 0 Å². The van der Waals surface area contributed by atoms with Gasteiger partial charge in [-0.1, -0.05) is 32.9 Å². The Morgan fingerprint density at radius 1 is 1.27 bits per heavy atom. The number of methoxy groups -OCH3 is 1. The number of ether oxygens (including phenoxy) is 1. The van der Waals surface area contributed by atoms with Gasteiger partial charge in [-0.2, -0.15) is 5.10 Å². The molecular weight excluding hydrogens is 278 g/mol. The second-order valence-corrected chi connectivity index (χ2v) is 6.44. The van der Waals surface area contributed by atoms with E-state index in [-0.39, 0.29) is 5.41 Å².